The van der Waals surface area contributed by atoms with E-state index in [0.717, 1.165) is 35.2 Å². The summed E-state index contributed by atoms with van der Waals surface area (Å²) in [7, 11) is 0. The summed E-state index contributed by atoms with van der Waals surface area (Å²) < 4.78 is 12.3. The van der Waals surface area contributed by atoms with Crippen molar-refractivity contribution in [3.63, 3.8) is 0 Å². The fourth-order valence-electron chi connectivity index (χ4n) is 3.88. The van der Waals surface area contributed by atoms with E-state index in [2.05, 4.69) is 32.5 Å². The van der Waals surface area contributed by atoms with Crippen LogP contribution in [-0.4, -0.2) is 44.7 Å². The monoisotopic (exact) mass is 417 g/mol. The highest BCUT2D eigenvalue weighted by Gasteiger charge is 2.20. The van der Waals surface area contributed by atoms with E-state index in [-0.39, 0.29) is 11.9 Å². The number of hydrogen-bond acceptors (Lipinski definition) is 6. The lowest BCUT2D eigenvalue weighted by Crippen LogP contribution is -2.39. The number of carbonyl (C=O) groups excluding carboxylic acids is 1. The molecule has 4 aromatic rings. The van der Waals surface area contributed by atoms with Gasteiger partial charge in [0.15, 0.2) is 11.5 Å². The number of oxazole rings is 1. The van der Waals surface area contributed by atoms with Gasteiger partial charge in [-0.15, -0.1) is 0 Å². The molecular weight excluding hydrogens is 394 g/mol. The SMILES string of the molecule is Cc1nc(-c2ccc(Cc3cc(C(=O)NC4CCOCC4)c4ncnn4c3)cc2)co1. The van der Waals surface area contributed by atoms with Crippen molar-refractivity contribution >= 4 is 11.6 Å². The molecule has 3 aromatic heterocycles. The smallest absolute Gasteiger partial charge is 0.255 e. The third-order valence-corrected chi connectivity index (χ3v) is 5.51. The number of rotatable bonds is 5. The van der Waals surface area contributed by atoms with E-state index in [4.69, 9.17) is 9.15 Å². The molecule has 31 heavy (non-hydrogen) atoms. The van der Waals surface area contributed by atoms with Gasteiger partial charge in [0.1, 0.15) is 18.3 Å². The summed E-state index contributed by atoms with van der Waals surface area (Å²) in [4.78, 5) is 21.6. The van der Waals surface area contributed by atoms with Crippen LogP contribution in [0.3, 0.4) is 0 Å². The maximum Gasteiger partial charge on any atom is 0.255 e. The topological polar surface area (TPSA) is 94.5 Å². The third kappa shape index (κ3) is 4.20. The first kappa shape index (κ1) is 19.4. The maximum atomic E-state index is 13.0. The molecule has 1 aromatic carbocycles. The molecule has 158 valence electrons. The van der Waals surface area contributed by atoms with Gasteiger partial charge in [0.25, 0.3) is 5.91 Å². The molecular formula is C23H23N5O3. The molecule has 1 N–H and O–H groups in total. The average molecular weight is 417 g/mol. The van der Waals surface area contributed by atoms with Crippen molar-refractivity contribution in [3.8, 4) is 11.3 Å². The van der Waals surface area contributed by atoms with E-state index in [1.54, 1.807) is 10.8 Å². The average Bonchev–Trinajstić information content (AvgIpc) is 3.43. The number of amides is 1. The zero-order chi connectivity index (χ0) is 21.2. The Kier molecular flexibility index (Phi) is 5.21. The lowest BCUT2D eigenvalue weighted by molar-refractivity contribution is 0.0697. The number of ether oxygens (including phenoxy) is 1. The summed E-state index contributed by atoms with van der Waals surface area (Å²) in [6.45, 7) is 3.18. The molecule has 0 saturated carbocycles. The first-order valence-electron chi connectivity index (χ1n) is 10.4. The van der Waals surface area contributed by atoms with Crippen LogP contribution in [0.15, 0.2) is 53.5 Å². The van der Waals surface area contributed by atoms with Crippen molar-refractivity contribution in [2.75, 3.05) is 13.2 Å². The Labute approximate surface area is 179 Å². The van der Waals surface area contributed by atoms with Gasteiger partial charge < -0.3 is 14.5 Å². The van der Waals surface area contributed by atoms with E-state index >= 15 is 0 Å². The minimum absolute atomic E-state index is 0.122. The second-order valence-electron chi connectivity index (χ2n) is 7.78. The van der Waals surface area contributed by atoms with Crippen LogP contribution in [0, 0.1) is 6.92 Å². The van der Waals surface area contributed by atoms with Gasteiger partial charge in [0.05, 0.1) is 5.56 Å². The number of benzene rings is 1. The number of nitrogens with one attached hydrogen (secondary N) is 1. The second-order valence-corrected chi connectivity index (χ2v) is 7.78. The highest BCUT2D eigenvalue weighted by Crippen LogP contribution is 2.21. The second kappa shape index (κ2) is 8.31. The Bertz CT molecular complexity index is 1210. The van der Waals surface area contributed by atoms with Gasteiger partial charge in [-0.2, -0.15) is 5.10 Å². The van der Waals surface area contributed by atoms with Crippen molar-refractivity contribution < 1.29 is 13.9 Å². The minimum atomic E-state index is -0.122. The molecule has 5 rings (SSSR count). The summed E-state index contributed by atoms with van der Waals surface area (Å²) in [6, 6.07) is 10.2. The molecule has 1 aliphatic rings. The molecule has 1 amide bonds. The van der Waals surface area contributed by atoms with Crippen LogP contribution < -0.4 is 5.32 Å². The Balaban J connectivity index is 1.38. The first-order chi connectivity index (χ1) is 15.2. The Hall–Kier alpha value is -3.52. The third-order valence-electron chi connectivity index (χ3n) is 5.51. The van der Waals surface area contributed by atoms with Crippen LogP contribution in [0.4, 0.5) is 0 Å². The number of aryl methyl sites for hydroxylation is 1. The van der Waals surface area contributed by atoms with E-state index in [1.807, 2.05) is 31.3 Å². The summed E-state index contributed by atoms with van der Waals surface area (Å²) in [5, 5.41) is 7.37. The number of fused-ring (bicyclic) bond motifs is 1. The predicted octanol–water partition coefficient (Wildman–Crippen LogP) is 3.19. The Morgan fingerprint density at radius 3 is 2.74 bits per heavy atom. The molecule has 8 nitrogen and oxygen atoms in total. The molecule has 0 unspecified atom stereocenters. The Morgan fingerprint density at radius 1 is 1.19 bits per heavy atom. The van der Waals surface area contributed by atoms with Gasteiger partial charge in [-0.25, -0.2) is 14.5 Å². The standard InChI is InChI=1S/C23H23N5O3/c1-15-26-21(13-31-15)18-4-2-16(3-5-18)10-17-11-20(22-24-14-25-28(22)12-17)23(29)27-19-6-8-30-9-7-19/h2-5,11-14,19H,6-10H2,1H3,(H,27,29). The van der Waals surface area contributed by atoms with Crippen molar-refractivity contribution in [1.29, 1.82) is 0 Å². The number of aromatic nitrogens is 4. The summed E-state index contributed by atoms with van der Waals surface area (Å²) in [5.41, 5.74) is 5.03. The molecule has 1 saturated heterocycles. The lowest BCUT2D eigenvalue weighted by Gasteiger charge is -2.23. The van der Waals surface area contributed by atoms with Crippen LogP contribution in [0.5, 0.6) is 0 Å². The van der Waals surface area contributed by atoms with Crippen LogP contribution in [0.25, 0.3) is 16.9 Å². The quantitative estimate of drug-likeness (QED) is 0.536. The summed E-state index contributed by atoms with van der Waals surface area (Å²) in [5.74, 6) is 0.523. The zero-order valence-corrected chi connectivity index (χ0v) is 17.2. The number of pyridine rings is 1. The molecule has 0 atom stereocenters. The van der Waals surface area contributed by atoms with Gasteiger partial charge in [0, 0.05) is 37.9 Å². The zero-order valence-electron chi connectivity index (χ0n) is 17.2. The van der Waals surface area contributed by atoms with Gasteiger partial charge in [0.2, 0.25) is 0 Å². The largest absolute Gasteiger partial charge is 0.449 e. The van der Waals surface area contributed by atoms with Crippen LogP contribution >= 0.6 is 0 Å². The van der Waals surface area contributed by atoms with Gasteiger partial charge in [-0.1, -0.05) is 24.3 Å². The molecule has 0 aliphatic carbocycles. The number of carbonyl (C=O) groups is 1. The van der Waals surface area contributed by atoms with Crippen molar-refractivity contribution in [1.82, 2.24) is 24.9 Å². The summed E-state index contributed by atoms with van der Waals surface area (Å²) in [6.07, 6.45) is 7.37. The van der Waals surface area contributed by atoms with Crippen molar-refractivity contribution in [2.24, 2.45) is 0 Å². The van der Waals surface area contributed by atoms with E-state index in [9.17, 15) is 4.79 Å². The van der Waals surface area contributed by atoms with Crippen molar-refractivity contribution in [2.45, 2.75) is 32.2 Å². The van der Waals surface area contributed by atoms with E-state index in [1.165, 1.54) is 6.33 Å². The fourth-order valence-corrected chi connectivity index (χ4v) is 3.88. The van der Waals surface area contributed by atoms with Gasteiger partial charge in [-0.3, -0.25) is 4.79 Å². The fraction of sp³-hybridized carbons (Fsp3) is 0.304. The molecule has 0 spiro atoms. The van der Waals surface area contributed by atoms with E-state index < -0.39 is 0 Å². The molecule has 4 heterocycles. The molecule has 0 bridgehead atoms. The molecule has 0 radical (unpaired) electrons. The first-order valence-corrected chi connectivity index (χ1v) is 10.4. The van der Waals surface area contributed by atoms with Crippen molar-refractivity contribution in [3.05, 3.63) is 71.7 Å². The highest BCUT2D eigenvalue weighted by molar-refractivity contribution is 6.00. The minimum Gasteiger partial charge on any atom is -0.449 e. The molecule has 1 fully saturated rings. The number of nitrogens with zero attached hydrogens (tertiary/aromatic N) is 4. The van der Waals surface area contributed by atoms with E-state index in [0.29, 0.717) is 36.7 Å². The Morgan fingerprint density at radius 2 is 2.00 bits per heavy atom. The van der Waals surface area contributed by atoms with Crippen LogP contribution in [0.2, 0.25) is 0 Å². The molecule has 1 aliphatic heterocycles. The summed E-state index contributed by atoms with van der Waals surface area (Å²) >= 11 is 0. The van der Waals surface area contributed by atoms with Crippen LogP contribution in [0.1, 0.15) is 40.2 Å². The maximum absolute atomic E-state index is 13.0. The number of hydrogen-bond donors (Lipinski definition) is 1. The van der Waals surface area contributed by atoms with Crippen LogP contribution in [-0.2, 0) is 11.2 Å². The van der Waals surface area contributed by atoms with Gasteiger partial charge in [-0.05, 0) is 36.5 Å². The molecule has 8 heteroatoms. The van der Waals surface area contributed by atoms with Gasteiger partial charge >= 0.3 is 0 Å². The normalized spacial score (nSPS) is 14.7. The predicted molar refractivity (Wildman–Crippen MR) is 114 cm³/mol. The highest BCUT2D eigenvalue weighted by atomic mass is 16.5. The lowest BCUT2D eigenvalue weighted by atomic mass is 10.0.